The second-order valence-electron chi connectivity index (χ2n) is 8.02. The normalized spacial score (nSPS) is 14.3. The molecule has 12 heteroatoms. The van der Waals surface area contributed by atoms with Crippen molar-refractivity contribution < 1.29 is 31.9 Å². The number of piperidine rings is 1. The zero-order valence-corrected chi connectivity index (χ0v) is 18.9. The summed E-state index contributed by atoms with van der Waals surface area (Å²) in [7, 11) is 1.32. The van der Waals surface area contributed by atoms with Gasteiger partial charge < -0.3 is 25.1 Å². The van der Waals surface area contributed by atoms with E-state index in [0.717, 1.165) is 25.3 Å². The van der Waals surface area contributed by atoms with Crippen LogP contribution in [0.4, 0.5) is 13.2 Å². The van der Waals surface area contributed by atoms with Gasteiger partial charge in [-0.3, -0.25) is 9.59 Å². The summed E-state index contributed by atoms with van der Waals surface area (Å²) in [4.78, 5) is 34.8. The number of methoxy groups -OCH3 is 1. The lowest BCUT2D eigenvalue weighted by Crippen LogP contribution is -2.42. The minimum absolute atomic E-state index is 0.0211. The highest BCUT2D eigenvalue weighted by molar-refractivity contribution is 5.99. The van der Waals surface area contributed by atoms with Gasteiger partial charge >= 0.3 is 6.18 Å². The van der Waals surface area contributed by atoms with Gasteiger partial charge in [0.2, 0.25) is 11.8 Å². The van der Waals surface area contributed by atoms with Gasteiger partial charge in [-0.2, -0.15) is 13.2 Å². The fourth-order valence-corrected chi connectivity index (χ4v) is 3.98. The Kier molecular flexibility index (Phi) is 6.92. The van der Waals surface area contributed by atoms with E-state index in [1.807, 2.05) is 0 Å². The number of nitrogens with two attached hydrogens (primary N) is 1. The number of fused-ring (bicyclic) bond motifs is 1. The summed E-state index contributed by atoms with van der Waals surface area (Å²) in [6.07, 6.45) is -1.70. The minimum atomic E-state index is -4.64. The molecule has 2 amide bonds. The van der Waals surface area contributed by atoms with E-state index < -0.39 is 17.8 Å². The molecule has 0 unspecified atom stereocenters. The Bertz CT molecular complexity index is 1250. The van der Waals surface area contributed by atoms with E-state index in [4.69, 9.17) is 14.9 Å². The van der Waals surface area contributed by atoms with Crippen LogP contribution in [0.25, 0.3) is 22.4 Å². The van der Waals surface area contributed by atoms with E-state index in [1.54, 1.807) is 11.0 Å². The van der Waals surface area contributed by atoms with E-state index in [1.165, 1.54) is 19.2 Å². The highest BCUT2D eigenvalue weighted by Gasteiger charge is 2.33. The Labute approximate surface area is 198 Å². The number of likely N-dealkylation sites (tertiary alicyclic amines) is 1. The van der Waals surface area contributed by atoms with Gasteiger partial charge in [0, 0.05) is 24.0 Å². The lowest BCUT2D eigenvalue weighted by molar-refractivity contribution is -0.141. The van der Waals surface area contributed by atoms with Crippen molar-refractivity contribution >= 4 is 22.7 Å². The predicted molar refractivity (Wildman–Crippen MR) is 119 cm³/mol. The number of benzene rings is 1. The summed E-state index contributed by atoms with van der Waals surface area (Å²) in [5.74, 6) is -0.640. The van der Waals surface area contributed by atoms with Crippen LogP contribution in [0.1, 0.15) is 41.2 Å². The van der Waals surface area contributed by atoms with Gasteiger partial charge in [-0.05, 0) is 43.5 Å². The number of ether oxygens (including phenoxy) is 1. The van der Waals surface area contributed by atoms with Crippen molar-refractivity contribution in [2.45, 2.75) is 32.0 Å². The largest absolute Gasteiger partial charge is 0.494 e. The lowest BCUT2D eigenvalue weighted by atomic mass is 10.1. The van der Waals surface area contributed by atoms with Crippen molar-refractivity contribution in [1.82, 2.24) is 20.2 Å². The molecule has 1 aliphatic heterocycles. The van der Waals surface area contributed by atoms with Crippen LogP contribution in [0, 0.1) is 0 Å². The quantitative estimate of drug-likeness (QED) is 0.543. The molecule has 3 aromatic rings. The summed E-state index contributed by atoms with van der Waals surface area (Å²) in [5.41, 5.74) is 4.83. The molecular weight excluding hydrogens is 467 g/mol. The number of alkyl halides is 3. The first-order chi connectivity index (χ1) is 16.7. The molecule has 4 rings (SSSR count). The van der Waals surface area contributed by atoms with E-state index >= 15 is 0 Å². The maximum atomic E-state index is 13.2. The first-order valence-corrected chi connectivity index (χ1v) is 11.0. The van der Waals surface area contributed by atoms with Gasteiger partial charge in [0.1, 0.15) is 17.0 Å². The number of oxazole rings is 1. The van der Waals surface area contributed by atoms with Crippen LogP contribution in [-0.2, 0) is 17.5 Å². The third-order valence-corrected chi connectivity index (χ3v) is 5.77. The van der Waals surface area contributed by atoms with Crippen molar-refractivity contribution in [3.63, 3.8) is 0 Å². The van der Waals surface area contributed by atoms with E-state index in [0.29, 0.717) is 18.7 Å². The summed E-state index contributed by atoms with van der Waals surface area (Å²) >= 11 is 0. The number of hydrogen-bond donors (Lipinski definition) is 2. The van der Waals surface area contributed by atoms with Gasteiger partial charge in [-0.15, -0.1) is 0 Å². The zero-order chi connectivity index (χ0) is 25.2. The number of carbonyl (C=O) groups is 2. The molecule has 9 nitrogen and oxygen atoms in total. The lowest BCUT2D eigenvalue weighted by Gasteiger charge is -2.26. The third-order valence-electron chi connectivity index (χ3n) is 5.77. The summed E-state index contributed by atoms with van der Waals surface area (Å²) in [5, 5.41) is 2.84. The maximum Gasteiger partial charge on any atom is 0.433 e. The van der Waals surface area contributed by atoms with Crippen molar-refractivity contribution in [2.75, 3.05) is 26.7 Å². The number of amides is 2. The Morgan fingerprint density at radius 2 is 1.89 bits per heavy atom. The van der Waals surface area contributed by atoms with Crippen LogP contribution in [0.2, 0.25) is 0 Å². The van der Waals surface area contributed by atoms with Crippen molar-refractivity contribution in [1.29, 1.82) is 0 Å². The number of hydrogen-bond acceptors (Lipinski definition) is 7. The molecule has 186 valence electrons. The minimum Gasteiger partial charge on any atom is -0.494 e. The fraction of sp³-hybridized carbons (Fsp3) is 0.391. The zero-order valence-electron chi connectivity index (χ0n) is 18.9. The topological polar surface area (TPSA) is 124 Å². The maximum absolute atomic E-state index is 13.2. The monoisotopic (exact) mass is 491 g/mol. The standard InChI is InChI=1S/C23H24F3N5O4/c1-34-15-7-5-14(13-6-8-17(23(24,25)26)29-19(13)15)22-30-20(16(11-27)35-22)21(33)28-12-18(32)31-9-3-2-4-10-31/h5-8H,2-4,9-12,27H2,1H3,(H,28,33). The molecular formula is C23H24F3N5O4. The first-order valence-electron chi connectivity index (χ1n) is 11.0. The first kappa shape index (κ1) is 24.5. The highest BCUT2D eigenvalue weighted by atomic mass is 19.4. The summed E-state index contributed by atoms with van der Waals surface area (Å²) in [6.45, 7) is 0.970. The molecule has 1 aromatic carbocycles. The number of aromatic nitrogens is 2. The number of carbonyl (C=O) groups excluding carboxylic acids is 2. The fourth-order valence-electron chi connectivity index (χ4n) is 3.98. The molecule has 0 saturated carbocycles. The van der Waals surface area contributed by atoms with Crippen LogP contribution < -0.4 is 15.8 Å². The second kappa shape index (κ2) is 9.90. The van der Waals surface area contributed by atoms with Gasteiger partial charge in [0.25, 0.3) is 5.91 Å². The average molecular weight is 491 g/mol. The highest BCUT2D eigenvalue weighted by Crippen LogP contribution is 2.36. The number of pyridine rings is 1. The second-order valence-corrected chi connectivity index (χ2v) is 8.02. The van der Waals surface area contributed by atoms with Crippen LogP contribution in [0.15, 0.2) is 28.7 Å². The van der Waals surface area contributed by atoms with Gasteiger partial charge in [0.05, 0.1) is 20.2 Å². The molecule has 0 radical (unpaired) electrons. The molecule has 3 heterocycles. The van der Waals surface area contributed by atoms with E-state index in [-0.39, 0.29) is 53.0 Å². The number of halogens is 3. The van der Waals surface area contributed by atoms with Crippen LogP contribution in [-0.4, -0.2) is 53.4 Å². The van der Waals surface area contributed by atoms with Crippen molar-refractivity contribution in [2.24, 2.45) is 5.73 Å². The molecule has 0 aliphatic carbocycles. The summed E-state index contributed by atoms with van der Waals surface area (Å²) < 4.78 is 50.5. The molecule has 1 aliphatic rings. The smallest absolute Gasteiger partial charge is 0.433 e. The van der Waals surface area contributed by atoms with Crippen molar-refractivity contribution in [3.8, 4) is 17.2 Å². The Hall–Kier alpha value is -3.67. The van der Waals surface area contributed by atoms with Crippen LogP contribution >= 0.6 is 0 Å². The third kappa shape index (κ3) is 5.06. The van der Waals surface area contributed by atoms with Gasteiger partial charge in [0.15, 0.2) is 11.5 Å². The molecule has 35 heavy (non-hydrogen) atoms. The average Bonchev–Trinajstić information content (AvgIpc) is 3.30. The Balaban J connectivity index is 1.63. The van der Waals surface area contributed by atoms with Crippen molar-refractivity contribution in [3.05, 3.63) is 41.4 Å². The molecule has 1 fully saturated rings. The van der Waals surface area contributed by atoms with Gasteiger partial charge in [-0.25, -0.2) is 9.97 Å². The number of rotatable bonds is 6. The van der Waals surface area contributed by atoms with Crippen LogP contribution in [0.3, 0.4) is 0 Å². The Morgan fingerprint density at radius 1 is 1.14 bits per heavy atom. The molecule has 1 saturated heterocycles. The van der Waals surface area contributed by atoms with Crippen LogP contribution in [0.5, 0.6) is 5.75 Å². The molecule has 2 aromatic heterocycles. The SMILES string of the molecule is COc1ccc(-c2nc(C(=O)NCC(=O)N3CCCCC3)c(CN)o2)c2ccc(C(F)(F)F)nc12. The van der Waals surface area contributed by atoms with Gasteiger partial charge in [-0.1, -0.05) is 0 Å². The molecule has 0 spiro atoms. The summed E-state index contributed by atoms with van der Waals surface area (Å²) in [6, 6.07) is 5.07. The van der Waals surface area contributed by atoms with E-state index in [9.17, 15) is 22.8 Å². The molecule has 3 N–H and O–H groups in total. The predicted octanol–water partition coefficient (Wildman–Crippen LogP) is 3.12. The molecule has 0 atom stereocenters. The van der Waals surface area contributed by atoms with E-state index in [2.05, 4.69) is 15.3 Å². The Morgan fingerprint density at radius 3 is 2.54 bits per heavy atom. The molecule has 0 bridgehead atoms. The number of nitrogens with zero attached hydrogens (tertiary/aromatic N) is 3. The number of nitrogens with one attached hydrogen (secondary N) is 1.